The molecule has 5 heteroatoms. The Kier molecular flexibility index (Phi) is 5.13. The lowest BCUT2D eigenvalue weighted by Crippen LogP contribution is -2.42. The number of carbonyl (C=O) groups excluding carboxylic acids is 2. The third-order valence-electron chi connectivity index (χ3n) is 3.23. The Labute approximate surface area is 119 Å². The lowest BCUT2D eigenvalue weighted by atomic mass is 9.92. The molecule has 110 valence electrons. The van der Waals surface area contributed by atoms with Crippen LogP contribution in [-0.4, -0.2) is 25.5 Å². The van der Waals surface area contributed by atoms with Gasteiger partial charge in [-0.1, -0.05) is 12.1 Å². The first-order valence-electron chi connectivity index (χ1n) is 6.46. The van der Waals surface area contributed by atoms with Gasteiger partial charge in [-0.15, -0.1) is 0 Å². The topological polar surface area (TPSA) is 81.4 Å². The molecule has 0 aliphatic heterocycles. The van der Waals surface area contributed by atoms with E-state index < -0.39 is 11.3 Å². The predicted octanol–water partition coefficient (Wildman–Crippen LogP) is 1.17. The quantitative estimate of drug-likeness (QED) is 0.819. The molecule has 1 rings (SSSR count). The summed E-state index contributed by atoms with van der Waals surface area (Å²) in [4.78, 5) is 23.0. The second-order valence-corrected chi connectivity index (χ2v) is 5.51. The van der Waals surface area contributed by atoms with Crippen molar-refractivity contribution in [3.8, 4) is 5.75 Å². The van der Waals surface area contributed by atoms with Gasteiger partial charge in [-0.05, 0) is 38.0 Å². The van der Waals surface area contributed by atoms with Crippen LogP contribution in [0.25, 0.3) is 0 Å². The molecule has 0 saturated heterocycles. The van der Waals surface area contributed by atoms with Gasteiger partial charge in [0, 0.05) is 6.54 Å². The zero-order valence-corrected chi connectivity index (χ0v) is 12.4. The summed E-state index contributed by atoms with van der Waals surface area (Å²) >= 11 is 0. The number of hydrogen-bond donors (Lipinski definition) is 2. The molecule has 0 saturated carbocycles. The number of amides is 2. The van der Waals surface area contributed by atoms with Gasteiger partial charge in [0.25, 0.3) is 0 Å². The van der Waals surface area contributed by atoms with E-state index in [4.69, 9.17) is 10.5 Å². The highest BCUT2D eigenvalue weighted by atomic mass is 16.5. The molecule has 1 aromatic rings. The summed E-state index contributed by atoms with van der Waals surface area (Å²) in [6, 6.07) is 5.64. The molecule has 5 nitrogen and oxygen atoms in total. The van der Waals surface area contributed by atoms with Gasteiger partial charge < -0.3 is 15.8 Å². The highest BCUT2D eigenvalue weighted by molar-refractivity contribution is 5.82. The van der Waals surface area contributed by atoms with Crippen molar-refractivity contribution in [1.82, 2.24) is 5.32 Å². The van der Waals surface area contributed by atoms with Crippen molar-refractivity contribution in [3.63, 3.8) is 0 Å². The smallest absolute Gasteiger partial charge is 0.224 e. The number of aryl methyl sites for hydroxylation is 1. The second kappa shape index (κ2) is 6.41. The number of nitrogens with one attached hydrogen (secondary N) is 1. The highest BCUT2D eigenvalue weighted by Crippen LogP contribution is 2.19. The molecule has 0 fully saturated rings. The van der Waals surface area contributed by atoms with Crippen molar-refractivity contribution in [2.24, 2.45) is 11.1 Å². The molecule has 0 bridgehead atoms. The molecule has 0 aromatic heterocycles. The Hall–Kier alpha value is -2.04. The number of rotatable bonds is 6. The Morgan fingerprint density at radius 2 is 2.00 bits per heavy atom. The third kappa shape index (κ3) is 4.26. The average molecular weight is 278 g/mol. The van der Waals surface area contributed by atoms with Crippen LogP contribution in [0.2, 0.25) is 0 Å². The first-order chi connectivity index (χ1) is 9.26. The molecule has 0 unspecified atom stereocenters. The van der Waals surface area contributed by atoms with E-state index in [0.29, 0.717) is 0 Å². The molecule has 0 atom stereocenters. The van der Waals surface area contributed by atoms with Crippen LogP contribution in [0.4, 0.5) is 0 Å². The molecule has 0 aliphatic carbocycles. The average Bonchev–Trinajstić information content (AvgIpc) is 2.38. The molecule has 0 heterocycles. The van der Waals surface area contributed by atoms with E-state index in [0.717, 1.165) is 16.9 Å². The van der Waals surface area contributed by atoms with E-state index >= 15 is 0 Å². The maximum Gasteiger partial charge on any atom is 0.224 e. The van der Waals surface area contributed by atoms with Gasteiger partial charge in [-0.25, -0.2) is 0 Å². The SMILES string of the molecule is COc1cc(CC(=O)NCC(C)(C)C(N)=O)ccc1C. The van der Waals surface area contributed by atoms with Crippen LogP contribution >= 0.6 is 0 Å². The summed E-state index contributed by atoms with van der Waals surface area (Å²) < 4.78 is 5.22. The number of benzene rings is 1. The standard InChI is InChI=1S/C15H22N2O3/c1-10-5-6-11(7-12(10)20-4)8-13(18)17-9-15(2,3)14(16)19/h5-7H,8-9H2,1-4H3,(H2,16,19)(H,17,18). The zero-order valence-electron chi connectivity index (χ0n) is 12.4. The van der Waals surface area contributed by atoms with E-state index in [1.54, 1.807) is 21.0 Å². The number of ether oxygens (including phenoxy) is 1. The fourth-order valence-corrected chi connectivity index (χ4v) is 1.63. The van der Waals surface area contributed by atoms with Crippen molar-refractivity contribution in [2.45, 2.75) is 27.2 Å². The largest absolute Gasteiger partial charge is 0.496 e. The maximum absolute atomic E-state index is 11.9. The lowest BCUT2D eigenvalue weighted by molar-refractivity contribution is -0.126. The lowest BCUT2D eigenvalue weighted by Gasteiger charge is -2.20. The van der Waals surface area contributed by atoms with E-state index in [9.17, 15) is 9.59 Å². The minimum absolute atomic E-state index is 0.148. The number of methoxy groups -OCH3 is 1. The van der Waals surface area contributed by atoms with E-state index in [1.807, 2.05) is 25.1 Å². The van der Waals surface area contributed by atoms with E-state index in [1.165, 1.54) is 0 Å². The van der Waals surface area contributed by atoms with Gasteiger partial charge in [-0.3, -0.25) is 9.59 Å². The summed E-state index contributed by atoms with van der Waals surface area (Å²) in [7, 11) is 1.60. The molecule has 20 heavy (non-hydrogen) atoms. The van der Waals surface area contributed by atoms with Crippen LogP contribution in [0.1, 0.15) is 25.0 Å². The van der Waals surface area contributed by atoms with Crippen LogP contribution in [-0.2, 0) is 16.0 Å². The normalized spacial score (nSPS) is 11.0. The Bertz CT molecular complexity index is 510. The number of carbonyl (C=O) groups is 2. The molecule has 0 radical (unpaired) electrons. The fourth-order valence-electron chi connectivity index (χ4n) is 1.63. The van der Waals surface area contributed by atoms with Crippen LogP contribution in [0, 0.1) is 12.3 Å². The molecular formula is C15H22N2O3. The van der Waals surface area contributed by atoms with E-state index in [2.05, 4.69) is 5.32 Å². The summed E-state index contributed by atoms with van der Waals surface area (Å²) in [5.74, 6) is 0.174. The van der Waals surface area contributed by atoms with Crippen LogP contribution in [0.15, 0.2) is 18.2 Å². The minimum Gasteiger partial charge on any atom is -0.496 e. The minimum atomic E-state index is -0.749. The zero-order chi connectivity index (χ0) is 15.3. The maximum atomic E-state index is 11.9. The van der Waals surface area contributed by atoms with E-state index in [-0.39, 0.29) is 18.9 Å². The number of hydrogen-bond acceptors (Lipinski definition) is 3. The number of nitrogens with two attached hydrogens (primary N) is 1. The molecule has 0 spiro atoms. The van der Waals surface area contributed by atoms with Crippen molar-refractivity contribution >= 4 is 11.8 Å². The van der Waals surface area contributed by atoms with Crippen LogP contribution in [0.3, 0.4) is 0 Å². The van der Waals surface area contributed by atoms with Crippen molar-refractivity contribution in [3.05, 3.63) is 29.3 Å². The van der Waals surface area contributed by atoms with Gasteiger partial charge in [-0.2, -0.15) is 0 Å². The van der Waals surface area contributed by atoms with Crippen molar-refractivity contribution < 1.29 is 14.3 Å². The van der Waals surface area contributed by atoms with Gasteiger partial charge in [0.05, 0.1) is 18.9 Å². The van der Waals surface area contributed by atoms with Gasteiger partial charge in [0.2, 0.25) is 11.8 Å². The Morgan fingerprint density at radius 1 is 1.35 bits per heavy atom. The fraction of sp³-hybridized carbons (Fsp3) is 0.467. The summed E-state index contributed by atoms with van der Waals surface area (Å²) in [5.41, 5.74) is 6.39. The summed E-state index contributed by atoms with van der Waals surface area (Å²) in [6.07, 6.45) is 0.242. The van der Waals surface area contributed by atoms with Crippen LogP contribution < -0.4 is 15.8 Å². The first-order valence-corrected chi connectivity index (χ1v) is 6.46. The summed E-state index contributed by atoms with van der Waals surface area (Å²) in [6.45, 7) is 5.57. The Morgan fingerprint density at radius 3 is 2.55 bits per heavy atom. The van der Waals surface area contributed by atoms with Crippen molar-refractivity contribution in [1.29, 1.82) is 0 Å². The molecule has 0 aliphatic rings. The van der Waals surface area contributed by atoms with Gasteiger partial charge >= 0.3 is 0 Å². The number of primary amides is 1. The van der Waals surface area contributed by atoms with Crippen LogP contribution in [0.5, 0.6) is 5.75 Å². The van der Waals surface area contributed by atoms with Crippen molar-refractivity contribution in [2.75, 3.05) is 13.7 Å². The molecule has 3 N–H and O–H groups in total. The predicted molar refractivity (Wildman–Crippen MR) is 77.4 cm³/mol. The second-order valence-electron chi connectivity index (χ2n) is 5.51. The monoisotopic (exact) mass is 278 g/mol. The Balaban J connectivity index is 2.61. The summed E-state index contributed by atoms with van der Waals surface area (Å²) in [5, 5.41) is 2.72. The molecule has 2 amide bonds. The third-order valence-corrected chi connectivity index (χ3v) is 3.23. The molecule has 1 aromatic carbocycles. The first kappa shape index (κ1) is 16.0. The van der Waals surface area contributed by atoms with Gasteiger partial charge in [0.15, 0.2) is 0 Å². The highest BCUT2D eigenvalue weighted by Gasteiger charge is 2.25. The molecular weight excluding hydrogens is 256 g/mol. The van der Waals surface area contributed by atoms with Gasteiger partial charge in [0.1, 0.15) is 5.75 Å².